The van der Waals surface area contributed by atoms with Gasteiger partial charge >= 0.3 is 0 Å². The number of ether oxygens (including phenoxy) is 1. The van der Waals surface area contributed by atoms with Crippen molar-refractivity contribution in [3.8, 4) is 5.88 Å². The Morgan fingerprint density at radius 2 is 2.29 bits per heavy atom. The van der Waals surface area contributed by atoms with E-state index in [2.05, 4.69) is 24.3 Å². The third-order valence-corrected chi connectivity index (χ3v) is 2.46. The largest absolute Gasteiger partial charge is 0.480 e. The highest BCUT2D eigenvalue weighted by molar-refractivity contribution is 5.05. The van der Waals surface area contributed by atoms with Gasteiger partial charge in [-0.2, -0.15) is 0 Å². The summed E-state index contributed by atoms with van der Waals surface area (Å²) in [6, 6.07) is 3.07. The molecule has 5 heteroatoms. The van der Waals surface area contributed by atoms with Crippen molar-refractivity contribution in [3.05, 3.63) is 22.5 Å². The van der Waals surface area contributed by atoms with Crippen molar-refractivity contribution in [2.75, 3.05) is 20.2 Å². The fraction of sp³-hybridized carbons (Fsp3) is 0.667. The molecular weight excluding hydrogens is 218 g/mol. The minimum atomic E-state index is -0.0897. The van der Waals surface area contributed by atoms with Crippen LogP contribution < -0.4 is 15.6 Å². The van der Waals surface area contributed by atoms with Gasteiger partial charge in [-0.25, -0.2) is 4.68 Å². The van der Waals surface area contributed by atoms with Crippen molar-refractivity contribution in [3.63, 3.8) is 0 Å². The lowest BCUT2D eigenvalue weighted by Crippen LogP contribution is -2.30. The Balaban J connectivity index is 2.57. The topological polar surface area (TPSA) is 56.1 Å². The molecule has 1 atom stereocenters. The summed E-state index contributed by atoms with van der Waals surface area (Å²) >= 11 is 0. The number of methoxy groups -OCH3 is 1. The molecule has 0 bridgehead atoms. The van der Waals surface area contributed by atoms with Crippen molar-refractivity contribution in [2.45, 2.75) is 26.8 Å². The van der Waals surface area contributed by atoms with Crippen LogP contribution in [0.3, 0.4) is 0 Å². The molecule has 96 valence electrons. The standard InChI is InChI=1S/C12H21N3O2/c1-4-7-13-8-10(2)9-15-12(16)6-5-11(14-15)17-3/h5-6,10,13H,4,7-9H2,1-3H3. The third kappa shape index (κ3) is 4.56. The first kappa shape index (κ1) is 13.7. The summed E-state index contributed by atoms with van der Waals surface area (Å²) in [7, 11) is 1.55. The average Bonchev–Trinajstić information content (AvgIpc) is 2.32. The van der Waals surface area contributed by atoms with Gasteiger partial charge in [-0.05, 0) is 25.4 Å². The first-order valence-electron chi connectivity index (χ1n) is 6.00. The molecule has 1 rings (SSSR count). The van der Waals surface area contributed by atoms with Crippen LogP contribution in [0.4, 0.5) is 0 Å². The first-order chi connectivity index (χ1) is 8.17. The van der Waals surface area contributed by atoms with Crippen LogP contribution in [0.2, 0.25) is 0 Å². The highest BCUT2D eigenvalue weighted by Crippen LogP contribution is 2.02. The van der Waals surface area contributed by atoms with Crippen LogP contribution in [-0.4, -0.2) is 30.0 Å². The van der Waals surface area contributed by atoms with Crippen molar-refractivity contribution >= 4 is 0 Å². The molecule has 0 aliphatic rings. The Morgan fingerprint density at radius 3 is 2.94 bits per heavy atom. The fourth-order valence-electron chi connectivity index (χ4n) is 1.55. The molecule has 5 nitrogen and oxygen atoms in total. The van der Waals surface area contributed by atoms with Crippen LogP contribution >= 0.6 is 0 Å². The monoisotopic (exact) mass is 239 g/mol. The van der Waals surface area contributed by atoms with Gasteiger partial charge in [0.05, 0.1) is 7.11 Å². The van der Waals surface area contributed by atoms with Crippen LogP contribution in [0, 0.1) is 5.92 Å². The molecule has 0 spiro atoms. The van der Waals surface area contributed by atoms with E-state index in [0.717, 1.165) is 19.5 Å². The van der Waals surface area contributed by atoms with Gasteiger partial charge in [0.15, 0.2) is 0 Å². The highest BCUT2D eigenvalue weighted by atomic mass is 16.5. The minimum Gasteiger partial charge on any atom is -0.480 e. The Labute approximate surface area is 102 Å². The van der Waals surface area contributed by atoms with E-state index in [1.54, 1.807) is 13.2 Å². The van der Waals surface area contributed by atoms with Crippen molar-refractivity contribution in [1.29, 1.82) is 0 Å². The van der Waals surface area contributed by atoms with Crippen molar-refractivity contribution < 1.29 is 4.74 Å². The average molecular weight is 239 g/mol. The second kappa shape index (κ2) is 7.06. The molecule has 1 unspecified atom stereocenters. The Kier molecular flexibility index (Phi) is 5.69. The van der Waals surface area contributed by atoms with Gasteiger partial charge in [-0.15, -0.1) is 5.10 Å². The van der Waals surface area contributed by atoms with Crippen LogP contribution in [-0.2, 0) is 6.54 Å². The molecule has 0 aliphatic heterocycles. The maximum absolute atomic E-state index is 11.6. The molecule has 0 aromatic carbocycles. The van der Waals surface area contributed by atoms with Gasteiger partial charge in [0.2, 0.25) is 5.88 Å². The van der Waals surface area contributed by atoms with Gasteiger partial charge in [0, 0.05) is 18.7 Å². The lowest BCUT2D eigenvalue weighted by molar-refractivity contribution is 0.355. The van der Waals surface area contributed by atoms with E-state index < -0.39 is 0 Å². The molecule has 1 heterocycles. The summed E-state index contributed by atoms with van der Waals surface area (Å²) < 4.78 is 6.46. The lowest BCUT2D eigenvalue weighted by Gasteiger charge is -2.13. The van der Waals surface area contributed by atoms with Crippen LogP contribution in [0.1, 0.15) is 20.3 Å². The molecule has 0 amide bonds. The van der Waals surface area contributed by atoms with Crippen LogP contribution in [0.25, 0.3) is 0 Å². The summed E-state index contributed by atoms with van der Waals surface area (Å²) in [5.74, 6) is 0.831. The van der Waals surface area contributed by atoms with E-state index in [4.69, 9.17) is 4.74 Å². The summed E-state index contributed by atoms with van der Waals surface area (Å²) in [4.78, 5) is 11.6. The van der Waals surface area contributed by atoms with E-state index in [9.17, 15) is 4.79 Å². The zero-order chi connectivity index (χ0) is 12.7. The van der Waals surface area contributed by atoms with E-state index in [1.807, 2.05) is 0 Å². The highest BCUT2D eigenvalue weighted by Gasteiger charge is 2.06. The molecule has 1 aromatic rings. The Morgan fingerprint density at radius 1 is 1.53 bits per heavy atom. The van der Waals surface area contributed by atoms with Crippen molar-refractivity contribution in [2.24, 2.45) is 5.92 Å². The maximum Gasteiger partial charge on any atom is 0.266 e. The summed E-state index contributed by atoms with van der Waals surface area (Å²) in [6.45, 7) is 6.72. The molecule has 0 aliphatic carbocycles. The van der Waals surface area contributed by atoms with Gasteiger partial charge in [0.1, 0.15) is 0 Å². The molecule has 17 heavy (non-hydrogen) atoms. The molecule has 0 saturated carbocycles. The molecule has 0 fully saturated rings. The normalized spacial score (nSPS) is 12.4. The molecule has 0 saturated heterocycles. The quantitative estimate of drug-likeness (QED) is 0.718. The van der Waals surface area contributed by atoms with E-state index in [-0.39, 0.29) is 5.56 Å². The Bertz CT molecular complexity index is 390. The number of hydrogen-bond donors (Lipinski definition) is 1. The predicted molar refractivity (Wildman–Crippen MR) is 67.4 cm³/mol. The number of aromatic nitrogens is 2. The van der Waals surface area contributed by atoms with Gasteiger partial charge in [-0.1, -0.05) is 13.8 Å². The third-order valence-electron chi connectivity index (χ3n) is 2.46. The summed E-state index contributed by atoms with van der Waals surface area (Å²) in [6.07, 6.45) is 1.12. The number of nitrogens with zero attached hydrogens (tertiary/aromatic N) is 2. The lowest BCUT2D eigenvalue weighted by atomic mass is 10.2. The second-order valence-corrected chi connectivity index (χ2v) is 4.21. The molecule has 0 radical (unpaired) electrons. The van der Waals surface area contributed by atoms with E-state index in [1.165, 1.54) is 10.7 Å². The zero-order valence-corrected chi connectivity index (χ0v) is 10.8. The smallest absolute Gasteiger partial charge is 0.266 e. The first-order valence-corrected chi connectivity index (χ1v) is 6.00. The van der Waals surface area contributed by atoms with Crippen molar-refractivity contribution in [1.82, 2.24) is 15.1 Å². The van der Waals surface area contributed by atoms with E-state index >= 15 is 0 Å². The van der Waals surface area contributed by atoms with Gasteiger partial charge in [0.25, 0.3) is 5.56 Å². The number of nitrogens with one attached hydrogen (secondary N) is 1. The molecule has 1 N–H and O–H groups in total. The molecular formula is C12H21N3O2. The minimum absolute atomic E-state index is 0.0897. The number of hydrogen-bond acceptors (Lipinski definition) is 4. The number of rotatable bonds is 7. The van der Waals surface area contributed by atoms with Gasteiger partial charge in [-0.3, -0.25) is 4.79 Å². The summed E-state index contributed by atoms with van der Waals surface area (Å²) in [5, 5.41) is 7.44. The van der Waals surface area contributed by atoms with Gasteiger partial charge < -0.3 is 10.1 Å². The molecule has 1 aromatic heterocycles. The summed E-state index contributed by atoms with van der Waals surface area (Å²) in [5.41, 5.74) is -0.0897. The zero-order valence-electron chi connectivity index (χ0n) is 10.8. The SMILES string of the molecule is CCCNCC(C)Cn1nc(OC)ccc1=O. The van der Waals surface area contributed by atoms with Crippen LogP contribution in [0.5, 0.6) is 5.88 Å². The second-order valence-electron chi connectivity index (χ2n) is 4.21. The van der Waals surface area contributed by atoms with Crippen LogP contribution in [0.15, 0.2) is 16.9 Å². The van der Waals surface area contributed by atoms with E-state index in [0.29, 0.717) is 18.3 Å². The fourth-order valence-corrected chi connectivity index (χ4v) is 1.55. The Hall–Kier alpha value is -1.36. The predicted octanol–water partition coefficient (Wildman–Crippen LogP) is 0.888. The maximum atomic E-state index is 11.6.